The molecule has 1 atom stereocenters. The number of rotatable bonds is 12. The fourth-order valence-corrected chi connectivity index (χ4v) is 4.43. The molecule has 0 amide bonds. The van der Waals surface area contributed by atoms with Crippen LogP contribution in [0.5, 0.6) is 28.7 Å². The van der Waals surface area contributed by atoms with Crippen molar-refractivity contribution in [3.8, 4) is 28.7 Å². The van der Waals surface area contributed by atoms with Gasteiger partial charge in [-0.2, -0.15) is 0 Å². The van der Waals surface area contributed by atoms with Crippen LogP contribution in [0, 0.1) is 0 Å². The predicted molar refractivity (Wildman–Crippen MR) is 128 cm³/mol. The van der Waals surface area contributed by atoms with Crippen molar-refractivity contribution in [2.75, 3.05) is 27.9 Å². The second-order valence-electron chi connectivity index (χ2n) is 6.94. The van der Waals surface area contributed by atoms with Crippen molar-refractivity contribution in [2.45, 2.75) is 13.0 Å². The minimum atomic E-state index is -4.55. The Kier molecular flexibility index (Phi) is 9.00. The lowest BCUT2D eigenvalue weighted by Gasteiger charge is -2.24. The van der Waals surface area contributed by atoms with Gasteiger partial charge in [0.25, 0.3) is 0 Å². The molecule has 0 heterocycles. The molecule has 0 radical (unpaired) electrons. The lowest BCUT2D eigenvalue weighted by molar-refractivity contribution is -0.152. The molecular weight excluding hydrogens is 475 g/mol. The molecule has 0 fully saturated rings. The third-order valence-corrected chi connectivity index (χ3v) is 6.02. The average Bonchev–Trinajstić information content (AvgIpc) is 2.88. The molecule has 3 rings (SSSR count). The Morgan fingerprint density at radius 3 is 1.66 bits per heavy atom. The van der Waals surface area contributed by atoms with Crippen LogP contribution in [-0.2, 0) is 18.6 Å². The normalized spacial score (nSPS) is 11.8. The monoisotopic (exact) mass is 502 g/mol. The van der Waals surface area contributed by atoms with Gasteiger partial charge in [-0.25, -0.2) is 13.9 Å². The summed E-state index contributed by atoms with van der Waals surface area (Å²) >= 11 is 0. The first-order chi connectivity index (χ1) is 16.9. The molecule has 0 aliphatic carbocycles. The number of esters is 1. The van der Waals surface area contributed by atoms with E-state index in [1.165, 1.54) is 33.5 Å². The number of methoxy groups -OCH3 is 3. The molecule has 0 saturated heterocycles. The molecule has 0 aliphatic rings. The van der Waals surface area contributed by atoms with Crippen molar-refractivity contribution < 1.29 is 41.9 Å². The smallest absolute Gasteiger partial charge is 0.497 e. The zero-order valence-corrected chi connectivity index (χ0v) is 20.7. The van der Waals surface area contributed by atoms with E-state index in [0.717, 1.165) is 0 Å². The highest BCUT2D eigenvalue weighted by molar-refractivity contribution is 7.49. The van der Waals surface area contributed by atoms with Gasteiger partial charge in [0, 0.05) is 0 Å². The van der Waals surface area contributed by atoms with Crippen LogP contribution in [0.3, 0.4) is 0 Å². The summed E-state index contributed by atoms with van der Waals surface area (Å²) < 4.78 is 52.4. The van der Waals surface area contributed by atoms with Crippen molar-refractivity contribution in [3.63, 3.8) is 0 Å². The zero-order valence-electron chi connectivity index (χ0n) is 19.8. The summed E-state index contributed by atoms with van der Waals surface area (Å²) in [7, 11) is -0.158. The summed E-state index contributed by atoms with van der Waals surface area (Å²) in [5, 5.41) is 0. The van der Waals surface area contributed by atoms with E-state index in [1.807, 2.05) is 0 Å². The molecule has 186 valence electrons. The van der Waals surface area contributed by atoms with E-state index >= 15 is 0 Å². The van der Waals surface area contributed by atoms with E-state index < -0.39 is 19.9 Å². The number of hydrogen-bond acceptors (Lipinski definition) is 9. The van der Waals surface area contributed by atoms with Crippen molar-refractivity contribution in [1.82, 2.24) is 0 Å². The van der Waals surface area contributed by atoms with Crippen LogP contribution in [0.15, 0.2) is 72.8 Å². The van der Waals surface area contributed by atoms with E-state index in [4.69, 9.17) is 32.5 Å². The molecule has 3 aromatic rings. The highest BCUT2D eigenvalue weighted by Crippen LogP contribution is 2.55. The Labute approximate surface area is 204 Å². The quantitative estimate of drug-likeness (QED) is 0.231. The Balaban J connectivity index is 2.05. The Morgan fingerprint density at radius 2 is 1.23 bits per heavy atom. The van der Waals surface area contributed by atoms with Crippen LogP contribution in [-0.4, -0.2) is 33.9 Å². The van der Waals surface area contributed by atoms with Gasteiger partial charge in [-0.05, 0) is 48.9 Å². The van der Waals surface area contributed by atoms with Crippen molar-refractivity contribution in [3.05, 3.63) is 78.4 Å². The number of ether oxygens (including phenoxy) is 4. The van der Waals surface area contributed by atoms with Gasteiger partial charge < -0.3 is 28.0 Å². The van der Waals surface area contributed by atoms with Crippen LogP contribution in [0.25, 0.3) is 0 Å². The lowest BCUT2D eigenvalue weighted by atomic mass is 10.1. The van der Waals surface area contributed by atoms with Gasteiger partial charge in [0.15, 0.2) is 29.1 Å². The van der Waals surface area contributed by atoms with Crippen molar-refractivity contribution >= 4 is 13.8 Å². The topological polar surface area (TPSA) is 98.8 Å². The SMILES string of the molecule is CCOC(=O)[C@H](OP(=O)(Oc1ccccc1OC)Oc1ccccc1OC)c1ccc(OC)cc1. The Hall–Kier alpha value is -3.68. The Bertz CT molecular complexity index is 1110. The molecule has 0 saturated carbocycles. The number of phosphoric ester groups is 1. The van der Waals surface area contributed by atoms with Crippen LogP contribution < -0.4 is 23.3 Å². The van der Waals surface area contributed by atoms with Gasteiger partial charge in [0.05, 0.1) is 27.9 Å². The molecule has 3 aromatic carbocycles. The van der Waals surface area contributed by atoms with Crippen LogP contribution in [0.4, 0.5) is 0 Å². The molecule has 10 heteroatoms. The molecule has 0 spiro atoms. The summed E-state index contributed by atoms with van der Waals surface area (Å²) in [5.41, 5.74) is 0.358. The predicted octanol–water partition coefficient (Wildman–Crippen LogP) is 5.60. The fraction of sp³-hybridized carbons (Fsp3) is 0.240. The van der Waals surface area contributed by atoms with Crippen LogP contribution >= 0.6 is 7.82 Å². The number of carbonyl (C=O) groups excluding carboxylic acids is 1. The molecule has 0 aromatic heterocycles. The van der Waals surface area contributed by atoms with E-state index in [9.17, 15) is 9.36 Å². The largest absolute Gasteiger partial charge is 0.589 e. The average molecular weight is 502 g/mol. The second kappa shape index (κ2) is 12.1. The zero-order chi connectivity index (χ0) is 25.3. The Morgan fingerprint density at radius 1 is 0.743 bits per heavy atom. The second-order valence-corrected chi connectivity index (χ2v) is 8.41. The van der Waals surface area contributed by atoms with E-state index in [-0.39, 0.29) is 29.6 Å². The molecule has 0 bridgehead atoms. The molecule has 9 nitrogen and oxygen atoms in total. The van der Waals surface area contributed by atoms with E-state index in [0.29, 0.717) is 11.3 Å². The molecule has 0 unspecified atom stereocenters. The van der Waals surface area contributed by atoms with Gasteiger partial charge >= 0.3 is 13.8 Å². The van der Waals surface area contributed by atoms with Gasteiger partial charge in [-0.15, -0.1) is 0 Å². The summed E-state index contributed by atoms with van der Waals surface area (Å²) in [5.74, 6) is 0.547. The van der Waals surface area contributed by atoms with Crippen molar-refractivity contribution in [1.29, 1.82) is 0 Å². The minimum absolute atomic E-state index is 0.0832. The molecule has 0 aliphatic heterocycles. The van der Waals surface area contributed by atoms with Crippen molar-refractivity contribution in [2.24, 2.45) is 0 Å². The summed E-state index contributed by atoms with van der Waals surface area (Å²) in [6.07, 6.45) is -1.43. The maximum atomic E-state index is 14.1. The molecule has 0 N–H and O–H groups in total. The number of hydrogen-bond donors (Lipinski definition) is 0. The molecule has 35 heavy (non-hydrogen) atoms. The maximum absolute atomic E-state index is 14.1. The van der Waals surface area contributed by atoms with Gasteiger partial charge in [0.1, 0.15) is 5.75 Å². The maximum Gasteiger partial charge on any atom is 0.589 e. The lowest BCUT2D eigenvalue weighted by Crippen LogP contribution is -2.20. The third-order valence-electron chi connectivity index (χ3n) is 4.71. The highest BCUT2D eigenvalue weighted by atomic mass is 31.2. The van der Waals surface area contributed by atoms with E-state index in [1.54, 1.807) is 67.6 Å². The number of benzene rings is 3. The molecular formula is C25H27O9P. The first-order valence-corrected chi connectivity index (χ1v) is 12.1. The van der Waals surface area contributed by atoms with Gasteiger partial charge in [0.2, 0.25) is 0 Å². The minimum Gasteiger partial charge on any atom is -0.497 e. The van der Waals surface area contributed by atoms with Gasteiger partial charge in [-0.1, -0.05) is 36.4 Å². The summed E-state index contributed by atoms with van der Waals surface area (Å²) in [6, 6.07) is 19.5. The standard InChI is InChI=1S/C25H27O9P/c1-5-31-25(26)24(18-14-16-19(28-2)17-15-18)34-35(27,32-22-12-8-6-10-20(22)29-3)33-23-13-9-7-11-21(23)30-4/h6-17,24H,5H2,1-4H3/t24-/m1/s1. The summed E-state index contributed by atoms with van der Waals surface area (Å²) in [4.78, 5) is 12.9. The number of phosphoric acid groups is 1. The first-order valence-electron chi connectivity index (χ1n) is 10.7. The van der Waals surface area contributed by atoms with Gasteiger partial charge in [-0.3, -0.25) is 0 Å². The third kappa shape index (κ3) is 6.68. The van der Waals surface area contributed by atoms with E-state index in [2.05, 4.69) is 0 Å². The summed E-state index contributed by atoms with van der Waals surface area (Å²) in [6.45, 7) is 1.74. The highest BCUT2D eigenvalue weighted by Gasteiger charge is 2.40. The number of para-hydroxylation sites is 4. The fourth-order valence-electron chi connectivity index (χ4n) is 3.06. The van der Waals surface area contributed by atoms with Crippen LogP contribution in [0.1, 0.15) is 18.6 Å². The number of carbonyl (C=O) groups is 1. The van der Waals surface area contributed by atoms with Crippen LogP contribution in [0.2, 0.25) is 0 Å². The first kappa shape index (κ1) is 25.9.